The standard InChI is InChI=1S/C23H24FN5O/c1-25-21-13-20(27-23(28-21)17-6-3-9-26-14-17)18-7-4-10-29(15-18)22(30)12-16-5-2-8-19(24)11-16/h2-3,5-6,8-9,11,13-14,18H,4,7,10,12,15H2,1H3,(H,25,27,28)/t18-/m1/s1. The van der Waals surface area contributed by atoms with Gasteiger partial charge in [0, 0.05) is 50.1 Å². The van der Waals surface area contributed by atoms with E-state index in [1.165, 1.54) is 12.1 Å². The van der Waals surface area contributed by atoms with E-state index < -0.39 is 0 Å². The van der Waals surface area contributed by atoms with Gasteiger partial charge in [-0.05, 0) is 42.7 Å². The van der Waals surface area contributed by atoms with Crippen molar-refractivity contribution in [2.75, 3.05) is 25.5 Å². The third kappa shape index (κ3) is 4.62. The molecule has 0 bridgehead atoms. The second-order valence-corrected chi connectivity index (χ2v) is 7.48. The molecule has 6 nitrogen and oxygen atoms in total. The van der Waals surface area contributed by atoms with E-state index >= 15 is 0 Å². The van der Waals surface area contributed by atoms with Crippen LogP contribution in [0.3, 0.4) is 0 Å². The summed E-state index contributed by atoms with van der Waals surface area (Å²) < 4.78 is 13.4. The molecule has 0 spiro atoms. The van der Waals surface area contributed by atoms with Gasteiger partial charge in [-0.25, -0.2) is 14.4 Å². The van der Waals surface area contributed by atoms with Crippen LogP contribution in [0.1, 0.15) is 30.0 Å². The number of piperidine rings is 1. The molecule has 30 heavy (non-hydrogen) atoms. The molecule has 1 fully saturated rings. The number of aromatic nitrogens is 3. The van der Waals surface area contributed by atoms with Crippen molar-refractivity contribution in [1.29, 1.82) is 0 Å². The number of amides is 1. The molecule has 1 aliphatic rings. The molecule has 7 heteroatoms. The first-order valence-electron chi connectivity index (χ1n) is 10.1. The molecule has 1 amide bonds. The highest BCUT2D eigenvalue weighted by atomic mass is 19.1. The highest BCUT2D eigenvalue weighted by Crippen LogP contribution is 2.29. The average Bonchev–Trinajstić information content (AvgIpc) is 2.79. The summed E-state index contributed by atoms with van der Waals surface area (Å²) >= 11 is 0. The first-order chi connectivity index (χ1) is 14.6. The van der Waals surface area contributed by atoms with Gasteiger partial charge in [0.25, 0.3) is 0 Å². The molecule has 3 aromatic rings. The second-order valence-electron chi connectivity index (χ2n) is 7.48. The number of halogens is 1. The number of rotatable bonds is 5. The fourth-order valence-electron chi connectivity index (χ4n) is 3.81. The van der Waals surface area contributed by atoms with E-state index in [9.17, 15) is 9.18 Å². The fraction of sp³-hybridized carbons (Fsp3) is 0.304. The van der Waals surface area contributed by atoms with Crippen LogP contribution >= 0.6 is 0 Å². The SMILES string of the molecule is CNc1cc([C@@H]2CCCN(C(=O)Cc3cccc(F)c3)C2)nc(-c2cccnc2)n1. The lowest BCUT2D eigenvalue weighted by Crippen LogP contribution is -2.40. The molecule has 0 radical (unpaired) electrons. The molecule has 1 N–H and O–H groups in total. The van der Waals surface area contributed by atoms with Crippen LogP contribution in [0.15, 0.2) is 54.9 Å². The molecule has 0 unspecified atom stereocenters. The Morgan fingerprint density at radius 3 is 2.90 bits per heavy atom. The molecule has 2 aromatic heterocycles. The zero-order valence-electron chi connectivity index (χ0n) is 16.9. The summed E-state index contributed by atoms with van der Waals surface area (Å²) in [4.78, 5) is 28.2. The van der Waals surface area contributed by atoms with Gasteiger partial charge in [0.05, 0.1) is 12.1 Å². The van der Waals surface area contributed by atoms with E-state index in [0.29, 0.717) is 24.5 Å². The first kappa shape index (κ1) is 19.9. The minimum atomic E-state index is -0.319. The van der Waals surface area contributed by atoms with Crippen LogP contribution in [-0.2, 0) is 11.2 Å². The number of pyridine rings is 1. The fourth-order valence-corrected chi connectivity index (χ4v) is 3.81. The summed E-state index contributed by atoms with van der Waals surface area (Å²) in [5.74, 6) is 1.18. The van der Waals surface area contributed by atoms with Crippen molar-refractivity contribution in [3.63, 3.8) is 0 Å². The van der Waals surface area contributed by atoms with Crippen molar-refractivity contribution >= 4 is 11.7 Å². The third-order valence-electron chi connectivity index (χ3n) is 5.36. The van der Waals surface area contributed by atoms with Crippen molar-refractivity contribution in [1.82, 2.24) is 19.9 Å². The summed E-state index contributed by atoms with van der Waals surface area (Å²) in [7, 11) is 1.83. The van der Waals surface area contributed by atoms with Gasteiger partial charge in [-0.1, -0.05) is 12.1 Å². The molecule has 0 saturated carbocycles. The molecule has 154 valence electrons. The Morgan fingerprint density at radius 2 is 2.13 bits per heavy atom. The van der Waals surface area contributed by atoms with Crippen molar-refractivity contribution in [2.24, 2.45) is 0 Å². The Balaban J connectivity index is 1.53. The number of likely N-dealkylation sites (tertiary alicyclic amines) is 1. The highest BCUT2D eigenvalue weighted by Gasteiger charge is 2.26. The molecule has 4 rings (SSSR count). The number of benzene rings is 1. The number of nitrogens with zero attached hydrogens (tertiary/aromatic N) is 4. The lowest BCUT2D eigenvalue weighted by molar-refractivity contribution is -0.131. The van der Waals surface area contributed by atoms with Gasteiger partial charge in [-0.15, -0.1) is 0 Å². The summed E-state index contributed by atoms with van der Waals surface area (Å²) in [6.07, 6.45) is 5.53. The Kier molecular flexibility index (Phi) is 5.97. The maximum absolute atomic E-state index is 13.4. The van der Waals surface area contributed by atoms with E-state index in [2.05, 4.69) is 15.3 Å². The van der Waals surface area contributed by atoms with E-state index in [0.717, 1.165) is 29.9 Å². The normalized spacial score (nSPS) is 16.3. The van der Waals surface area contributed by atoms with Gasteiger partial charge in [-0.3, -0.25) is 9.78 Å². The smallest absolute Gasteiger partial charge is 0.227 e. The molecule has 1 aliphatic heterocycles. The monoisotopic (exact) mass is 405 g/mol. The van der Waals surface area contributed by atoms with Crippen LogP contribution in [-0.4, -0.2) is 45.9 Å². The number of anilines is 1. The topological polar surface area (TPSA) is 71.0 Å². The van der Waals surface area contributed by atoms with Crippen LogP contribution in [0.4, 0.5) is 10.2 Å². The van der Waals surface area contributed by atoms with Gasteiger partial charge < -0.3 is 10.2 Å². The molecule has 1 saturated heterocycles. The van der Waals surface area contributed by atoms with Gasteiger partial charge in [0.15, 0.2) is 5.82 Å². The predicted octanol–water partition coefficient (Wildman–Crippen LogP) is 3.67. The Bertz CT molecular complexity index is 1030. The van der Waals surface area contributed by atoms with Crippen molar-refractivity contribution in [3.8, 4) is 11.4 Å². The lowest BCUT2D eigenvalue weighted by atomic mass is 9.93. The largest absolute Gasteiger partial charge is 0.373 e. The second kappa shape index (κ2) is 8.98. The highest BCUT2D eigenvalue weighted by molar-refractivity contribution is 5.79. The van der Waals surface area contributed by atoms with Crippen LogP contribution in [0.25, 0.3) is 11.4 Å². The first-order valence-corrected chi connectivity index (χ1v) is 10.1. The van der Waals surface area contributed by atoms with Crippen molar-refractivity contribution < 1.29 is 9.18 Å². The summed E-state index contributed by atoms with van der Waals surface area (Å²) in [5.41, 5.74) is 2.46. The lowest BCUT2D eigenvalue weighted by Gasteiger charge is -2.33. The number of hydrogen-bond donors (Lipinski definition) is 1. The molecule has 1 atom stereocenters. The van der Waals surface area contributed by atoms with Crippen molar-refractivity contribution in [3.05, 3.63) is 71.9 Å². The van der Waals surface area contributed by atoms with Crippen LogP contribution < -0.4 is 5.32 Å². The minimum Gasteiger partial charge on any atom is -0.373 e. The maximum Gasteiger partial charge on any atom is 0.227 e. The van der Waals surface area contributed by atoms with Gasteiger partial charge in [0.1, 0.15) is 11.6 Å². The summed E-state index contributed by atoms with van der Waals surface area (Å²) in [6, 6.07) is 12.0. The number of carbonyl (C=O) groups excluding carboxylic acids is 1. The third-order valence-corrected chi connectivity index (χ3v) is 5.36. The number of hydrogen-bond acceptors (Lipinski definition) is 5. The summed E-state index contributed by atoms with van der Waals surface area (Å²) in [5, 5.41) is 3.10. The minimum absolute atomic E-state index is 0.0145. The molecular formula is C23H24FN5O. The number of nitrogens with one attached hydrogen (secondary N) is 1. The zero-order chi connectivity index (χ0) is 20.9. The van der Waals surface area contributed by atoms with Gasteiger partial charge in [-0.2, -0.15) is 0 Å². The van der Waals surface area contributed by atoms with Crippen LogP contribution in [0, 0.1) is 5.82 Å². The van der Waals surface area contributed by atoms with Crippen LogP contribution in [0.2, 0.25) is 0 Å². The average molecular weight is 405 g/mol. The van der Waals surface area contributed by atoms with E-state index in [-0.39, 0.29) is 24.1 Å². The predicted molar refractivity (Wildman–Crippen MR) is 113 cm³/mol. The molecule has 3 heterocycles. The summed E-state index contributed by atoms with van der Waals surface area (Å²) in [6.45, 7) is 1.31. The van der Waals surface area contributed by atoms with Gasteiger partial charge in [0.2, 0.25) is 5.91 Å². The zero-order valence-corrected chi connectivity index (χ0v) is 16.9. The van der Waals surface area contributed by atoms with Gasteiger partial charge >= 0.3 is 0 Å². The Hall–Kier alpha value is -3.35. The maximum atomic E-state index is 13.4. The molecule has 0 aliphatic carbocycles. The quantitative estimate of drug-likeness (QED) is 0.701. The van der Waals surface area contributed by atoms with Crippen molar-refractivity contribution in [2.45, 2.75) is 25.2 Å². The van der Waals surface area contributed by atoms with E-state index in [1.54, 1.807) is 24.5 Å². The van der Waals surface area contributed by atoms with E-state index in [1.807, 2.05) is 30.1 Å². The van der Waals surface area contributed by atoms with Crippen LogP contribution in [0.5, 0.6) is 0 Å². The molecule has 1 aromatic carbocycles. The molecular weight excluding hydrogens is 381 g/mol. The number of carbonyl (C=O) groups is 1. The Morgan fingerprint density at radius 1 is 1.23 bits per heavy atom. The Labute approximate surface area is 175 Å². The van der Waals surface area contributed by atoms with E-state index in [4.69, 9.17) is 4.98 Å².